The zero-order valence-corrected chi connectivity index (χ0v) is 15.4. The van der Waals surface area contributed by atoms with Gasteiger partial charge in [0, 0.05) is 18.6 Å². The molecule has 0 atom stereocenters. The smallest absolute Gasteiger partial charge is 0.416 e. The van der Waals surface area contributed by atoms with Gasteiger partial charge in [0.1, 0.15) is 12.4 Å². The average Bonchev–Trinajstić information content (AvgIpc) is 2.62. The van der Waals surface area contributed by atoms with Crippen molar-refractivity contribution in [3.8, 4) is 5.75 Å². The number of hydrogen-bond donors (Lipinski definition) is 1. The number of amides is 1. The van der Waals surface area contributed by atoms with Gasteiger partial charge >= 0.3 is 6.18 Å². The van der Waals surface area contributed by atoms with Crippen molar-refractivity contribution in [2.75, 3.05) is 25.6 Å². The van der Waals surface area contributed by atoms with Crippen LogP contribution in [-0.2, 0) is 22.1 Å². The lowest BCUT2D eigenvalue weighted by Crippen LogP contribution is -2.15. The summed E-state index contributed by atoms with van der Waals surface area (Å²) in [6, 6.07) is 9.96. The summed E-state index contributed by atoms with van der Waals surface area (Å²) in [7, 11) is 1.48. The first-order chi connectivity index (χ1) is 12.8. The van der Waals surface area contributed by atoms with Crippen LogP contribution in [0.1, 0.15) is 17.5 Å². The van der Waals surface area contributed by atoms with E-state index in [4.69, 9.17) is 21.1 Å². The predicted octanol–water partition coefficient (Wildman–Crippen LogP) is 4.96. The first-order valence-corrected chi connectivity index (χ1v) is 8.54. The number of hydrogen-bond acceptors (Lipinski definition) is 3. The molecule has 1 amide bonds. The van der Waals surface area contributed by atoms with E-state index in [0.717, 1.165) is 17.7 Å². The van der Waals surface area contributed by atoms with Gasteiger partial charge in [-0.15, -0.1) is 0 Å². The zero-order valence-electron chi connectivity index (χ0n) is 14.6. The number of alkyl halides is 3. The Bertz CT molecular complexity index is 764. The van der Waals surface area contributed by atoms with E-state index in [9.17, 15) is 18.0 Å². The minimum Gasteiger partial charge on any atom is -0.489 e. The quantitative estimate of drug-likeness (QED) is 0.636. The van der Waals surface area contributed by atoms with Gasteiger partial charge in [0.2, 0.25) is 5.91 Å². The maximum Gasteiger partial charge on any atom is 0.416 e. The number of ether oxygens (including phenoxy) is 2. The molecule has 0 saturated carbocycles. The van der Waals surface area contributed by atoms with E-state index in [0.29, 0.717) is 11.4 Å². The fourth-order valence-corrected chi connectivity index (χ4v) is 2.41. The monoisotopic (exact) mass is 401 g/mol. The van der Waals surface area contributed by atoms with E-state index in [1.54, 1.807) is 24.3 Å². The lowest BCUT2D eigenvalue weighted by Gasteiger charge is -2.15. The molecule has 4 nitrogen and oxygen atoms in total. The largest absolute Gasteiger partial charge is 0.489 e. The second-order valence-electron chi connectivity index (χ2n) is 5.72. The highest BCUT2D eigenvalue weighted by Gasteiger charge is 2.31. The van der Waals surface area contributed by atoms with E-state index < -0.39 is 17.6 Å². The van der Waals surface area contributed by atoms with Crippen molar-refractivity contribution < 1.29 is 27.4 Å². The predicted molar refractivity (Wildman–Crippen MR) is 97.2 cm³/mol. The molecule has 2 aromatic rings. The van der Waals surface area contributed by atoms with Crippen LogP contribution in [0.25, 0.3) is 0 Å². The molecule has 0 aliphatic rings. The number of halogens is 4. The third kappa shape index (κ3) is 6.77. The van der Waals surface area contributed by atoms with Crippen LogP contribution in [0.2, 0.25) is 5.02 Å². The fraction of sp³-hybridized carbons (Fsp3) is 0.316. The molecule has 27 heavy (non-hydrogen) atoms. The van der Waals surface area contributed by atoms with Crippen molar-refractivity contribution in [2.45, 2.75) is 19.0 Å². The topological polar surface area (TPSA) is 47.6 Å². The Hall–Kier alpha value is -2.25. The molecule has 2 aromatic carbocycles. The van der Waals surface area contributed by atoms with Crippen LogP contribution >= 0.6 is 11.6 Å². The summed E-state index contributed by atoms with van der Waals surface area (Å²) < 4.78 is 49.1. The molecule has 0 fully saturated rings. The number of benzene rings is 2. The van der Waals surface area contributed by atoms with E-state index in [1.807, 2.05) is 0 Å². The Kier molecular flexibility index (Phi) is 7.50. The van der Waals surface area contributed by atoms with Crippen molar-refractivity contribution in [3.63, 3.8) is 0 Å². The van der Waals surface area contributed by atoms with Crippen molar-refractivity contribution in [1.29, 1.82) is 0 Å². The molecule has 0 bridgehead atoms. The van der Waals surface area contributed by atoms with E-state index in [1.165, 1.54) is 13.2 Å². The molecule has 0 spiro atoms. The standard InChI is InChI=1S/C19H19ClF3NO3/c1-26-10-11-27-17-8-5-14(19(21,22)23)12-16(17)24-18(25)9-4-13-2-6-15(20)7-3-13/h2-3,5-8,12H,4,9-11H2,1H3,(H,24,25). The first-order valence-electron chi connectivity index (χ1n) is 8.17. The summed E-state index contributed by atoms with van der Waals surface area (Å²) in [5.74, 6) is -0.263. The fourth-order valence-electron chi connectivity index (χ4n) is 2.29. The minimum absolute atomic E-state index is 0.0259. The molecule has 0 aliphatic heterocycles. The van der Waals surface area contributed by atoms with Gasteiger partial charge in [0.15, 0.2) is 0 Å². The molecule has 0 saturated heterocycles. The third-order valence-electron chi connectivity index (χ3n) is 3.68. The van der Waals surface area contributed by atoms with E-state index in [2.05, 4.69) is 5.32 Å². The van der Waals surface area contributed by atoms with Crippen LogP contribution < -0.4 is 10.1 Å². The molecule has 1 N–H and O–H groups in total. The maximum atomic E-state index is 13.0. The summed E-state index contributed by atoms with van der Waals surface area (Å²) in [6.07, 6.45) is -3.98. The number of nitrogens with one attached hydrogen (secondary N) is 1. The molecule has 146 valence electrons. The number of methoxy groups -OCH3 is 1. The maximum absolute atomic E-state index is 13.0. The van der Waals surface area contributed by atoms with Crippen LogP contribution in [0, 0.1) is 0 Å². The lowest BCUT2D eigenvalue weighted by molar-refractivity contribution is -0.137. The Morgan fingerprint density at radius 3 is 2.44 bits per heavy atom. The van der Waals surface area contributed by atoms with Gasteiger partial charge in [-0.05, 0) is 42.3 Å². The van der Waals surface area contributed by atoms with Gasteiger partial charge < -0.3 is 14.8 Å². The SMILES string of the molecule is COCCOc1ccc(C(F)(F)F)cc1NC(=O)CCc1ccc(Cl)cc1. The molecule has 8 heteroatoms. The van der Waals surface area contributed by atoms with Crippen molar-refractivity contribution in [2.24, 2.45) is 0 Å². The summed E-state index contributed by atoms with van der Waals surface area (Å²) >= 11 is 5.81. The third-order valence-corrected chi connectivity index (χ3v) is 3.93. The Morgan fingerprint density at radius 2 is 1.81 bits per heavy atom. The van der Waals surface area contributed by atoms with Gasteiger partial charge in [0.05, 0.1) is 17.9 Å². The number of carbonyl (C=O) groups is 1. The van der Waals surface area contributed by atoms with Crippen LogP contribution in [0.3, 0.4) is 0 Å². The van der Waals surface area contributed by atoms with Gasteiger partial charge in [-0.25, -0.2) is 0 Å². The summed E-state index contributed by atoms with van der Waals surface area (Å²) in [5.41, 5.74) is 0.00628. The minimum atomic E-state index is -4.52. The Morgan fingerprint density at radius 1 is 1.11 bits per heavy atom. The Labute approximate surface area is 160 Å². The molecule has 0 radical (unpaired) electrons. The first kappa shape index (κ1) is 21.1. The number of carbonyl (C=O) groups excluding carboxylic acids is 1. The van der Waals surface area contributed by atoms with Gasteiger partial charge in [0.25, 0.3) is 0 Å². The van der Waals surface area contributed by atoms with E-state index >= 15 is 0 Å². The normalized spacial score (nSPS) is 11.3. The second-order valence-corrected chi connectivity index (χ2v) is 6.16. The highest BCUT2D eigenvalue weighted by Crippen LogP contribution is 2.35. The van der Waals surface area contributed by atoms with Gasteiger partial charge in [-0.3, -0.25) is 4.79 Å². The number of aryl methyl sites for hydroxylation is 1. The van der Waals surface area contributed by atoms with Gasteiger partial charge in [-0.2, -0.15) is 13.2 Å². The van der Waals surface area contributed by atoms with Crippen LogP contribution in [-0.4, -0.2) is 26.2 Å². The molecular formula is C19H19ClF3NO3. The van der Waals surface area contributed by atoms with Crippen LogP contribution in [0.15, 0.2) is 42.5 Å². The lowest BCUT2D eigenvalue weighted by atomic mass is 10.1. The van der Waals surface area contributed by atoms with Crippen LogP contribution in [0.5, 0.6) is 5.75 Å². The molecule has 2 rings (SSSR count). The van der Waals surface area contributed by atoms with Crippen molar-refractivity contribution in [3.05, 3.63) is 58.6 Å². The number of rotatable bonds is 8. The summed E-state index contributed by atoms with van der Waals surface area (Å²) in [5, 5.41) is 3.09. The molecule has 0 aliphatic carbocycles. The van der Waals surface area contributed by atoms with E-state index in [-0.39, 0.29) is 31.1 Å². The van der Waals surface area contributed by atoms with Crippen molar-refractivity contribution >= 4 is 23.2 Å². The molecule has 0 unspecified atom stereocenters. The Balaban J connectivity index is 2.08. The second kappa shape index (κ2) is 9.62. The summed E-state index contributed by atoms with van der Waals surface area (Å²) in [6.45, 7) is 0.417. The number of anilines is 1. The van der Waals surface area contributed by atoms with Crippen molar-refractivity contribution in [1.82, 2.24) is 0 Å². The van der Waals surface area contributed by atoms with Crippen LogP contribution in [0.4, 0.5) is 18.9 Å². The molecule has 0 aromatic heterocycles. The van der Waals surface area contributed by atoms with Gasteiger partial charge in [-0.1, -0.05) is 23.7 Å². The summed E-state index contributed by atoms with van der Waals surface area (Å²) in [4.78, 5) is 12.2. The molecular weight excluding hydrogens is 383 g/mol. The highest BCUT2D eigenvalue weighted by molar-refractivity contribution is 6.30. The zero-order chi connectivity index (χ0) is 19.9. The average molecular weight is 402 g/mol. The highest BCUT2D eigenvalue weighted by atomic mass is 35.5. The molecule has 0 heterocycles.